The first-order valence-corrected chi connectivity index (χ1v) is 5.58. The number of hydrogen-bond acceptors (Lipinski definition) is 1. The van der Waals surface area contributed by atoms with Gasteiger partial charge in [0, 0.05) is 6.54 Å². The highest BCUT2D eigenvalue weighted by atomic mass is 19.4. The van der Waals surface area contributed by atoms with Gasteiger partial charge in [-0.15, -0.1) is 0 Å². The van der Waals surface area contributed by atoms with Crippen LogP contribution in [-0.4, -0.2) is 0 Å². The molecule has 0 aliphatic rings. The van der Waals surface area contributed by atoms with E-state index in [1.807, 2.05) is 0 Å². The second kappa shape index (κ2) is 5.01. The molecule has 0 radical (unpaired) electrons. The molecule has 2 N–H and O–H groups in total. The van der Waals surface area contributed by atoms with E-state index in [1.165, 1.54) is 24.3 Å². The number of benzene rings is 2. The molecule has 0 amide bonds. The van der Waals surface area contributed by atoms with E-state index in [1.54, 1.807) is 0 Å². The summed E-state index contributed by atoms with van der Waals surface area (Å²) in [6.07, 6.45) is -4.48. The van der Waals surface area contributed by atoms with Crippen LogP contribution in [0.3, 0.4) is 0 Å². The van der Waals surface area contributed by atoms with Gasteiger partial charge < -0.3 is 5.73 Å². The minimum absolute atomic E-state index is 0.0182. The van der Waals surface area contributed by atoms with Crippen LogP contribution >= 0.6 is 0 Å². The summed E-state index contributed by atoms with van der Waals surface area (Å²) < 4.78 is 51.9. The Bertz CT molecular complexity index is 573. The lowest BCUT2D eigenvalue weighted by molar-refractivity contribution is -0.137. The van der Waals surface area contributed by atoms with E-state index in [4.69, 9.17) is 5.73 Å². The fourth-order valence-electron chi connectivity index (χ4n) is 1.83. The molecule has 5 heteroatoms. The van der Waals surface area contributed by atoms with Crippen LogP contribution in [0.15, 0.2) is 42.5 Å². The van der Waals surface area contributed by atoms with Gasteiger partial charge in [0.05, 0.1) is 5.56 Å². The summed E-state index contributed by atoms with van der Waals surface area (Å²) in [5, 5.41) is 0. The van der Waals surface area contributed by atoms with Crippen molar-refractivity contribution < 1.29 is 17.6 Å². The van der Waals surface area contributed by atoms with E-state index in [0.29, 0.717) is 11.1 Å². The summed E-state index contributed by atoms with van der Waals surface area (Å²) in [5.74, 6) is -0.490. The predicted octanol–water partition coefficient (Wildman–Crippen LogP) is 3.97. The highest BCUT2D eigenvalue weighted by Gasteiger charge is 2.33. The van der Waals surface area contributed by atoms with Gasteiger partial charge in [-0.1, -0.05) is 24.3 Å². The minimum Gasteiger partial charge on any atom is -0.326 e. The van der Waals surface area contributed by atoms with Crippen molar-refractivity contribution in [2.24, 2.45) is 5.73 Å². The molecule has 0 fully saturated rings. The highest BCUT2D eigenvalue weighted by molar-refractivity contribution is 5.68. The molecule has 0 unspecified atom stereocenters. The van der Waals surface area contributed by atoms with E-state index < -0.39 is 17.6 Å². The van der Waals surface area contributed by atoms with Gasteiger partial charge in [-0.3, -0.25) is 0 Å². The van der Waals surface area contributed by atoms with Crippen molar-refractivity contribution in [3.05, 3.63) is 59.4 Å². The van der Waals surface area contributed by atoms with E-state index in [9.17, 15) is 17.6 Å². The van der Waals surface area contributed by atoms with E-state index in [2.05, 4.69) is 0 Å². The van der Waals surface area contributed by atoms with Gasteiger partial charge in [0.1, 0.15) is 5.82 Å². The SMILES string of the molecule is NCc1ccc(-c2ccc(F)cc2)c(C(F)(F)F)c1. The maximum Gasteiger partial charge on any atom is 0.417 e. The lowest BCUT2D eigenvalue weighted by Gasteiger charge is -2.14. The van der Waals surface area contributed by atoms with Crippen molar-refractivity contribution in [2.75, 3.05) is 0 Å². The normalized spacial score (nSPS) is 11.6. The van der Waals surface area contributed by atoms with E-state index in [0.717, 1.165) is 18.2 Å². The molecule has 0 aromatic heterocycles. The summed E-state index contributed by atoms with van der Waals surface area (Å²) >= 11 is 0. The molecule has 0 saturated heterocycles. The topological polar surface area (TPSA) is 26.0 Å². The number of rotatable bonds is 2. The van der Waals surface area contributed by atoms with Crippen molar-refractivity contribution in [1.82, 2.24) is 0 Å². The maximum atomic E-state index is 13.0. The number of alkyl halides is 3. The molecule has 0 bridgehead atoms. The lowest BCUT2D eigenvalue weighted by Crippen LogP contribution is -2.09. The average Bonchev–Trinajstić information content (AvgIpc) is 2.38. The summed E-state index contributed by atoms with van der Waals surface area (Å²) in [4.78, 5) is 0. The quantitative estimate of drug-likeness (QED) is 0.820. The van der Waals surface area contributed by atoms with Gasteiger partial charge in [-0.05, 0) is 34.9 Å². The second-order valence-corrected chi connectivity index (χ2v) is 4.09. The zero-order valence-corrected chi connectivity index (χ0v) is 9.84. The average molecular weight is 269 g/mol. The van der Waals surface area contributed by atoms with Crippen molar-refractivity contribution in [2.45, 2.75) is 12.7 Å². The Kier molecular flexibility index (Phi) is 3.57. The van der Waals surface area contributed by atoms with Crippen LogP contribution in [0, 0.1) is 5.82 Å². The third-order valence-corrected chi connectivity index (χ3v) is 2.78. The molecule has 1 nitrogen and oxygen atoms in total. The first-order chi connectivity index (χ1) is 8.91. The van der Waals surface area contributed by atoms with Crippen LogP contribution in [0.2, 0.25) is 0 Å². The van der Waals surface area contributed by atoms with E-state index in [-0.39, 0.29) is 12.1 Å². The Balaban J connectivity index is 2.59. The van der Waals surface area contributed by atoms with Gasteiger partial charge >= 0.3 is 6.18 Å². The number of halogens is 4. The third kappa shape index (κ3) is 2.93. The molecule has 0 heterocycles. The Labute approximate surface area is 107 Å². The van der Waals surface area contributed by atoms with Gasteiger partial charge in [-0.25, -0.2) is 4.39 Å². The molecule has 2 rings (SSSR count). The van der Waals surface area contributed by atoms with Crippen LogP contribution in [0.4, 0.5) is 17.6 Å². The maximum absolute atomic E-state index is 13.0. The smallest absolute Gasteiger partial charge is 0.326 e. The standard InChI is InChI=1S/C14H11F4N/c15-11-4-2-10(3-5-11)12-6-1-9(8-19)7-13(12)14(16,17)18/h1-7H,8,19H2. The Hall–Kier alpha value is -1.88. The molecule has 19 heavy (non-hydrogen) atoms. The first kappa shape index (κ1) is 13.5. The molecule has 100 valence electrons. The molecule has 0 saturated carbocycles. The molecule has 0 spiro atoms. The molecule has 2 aromatic rings. The van der Waals surface area contributed by atoms with Crippen molar-refractivity contribution in [3.63, 3.8) is 0 Å². The van der Waals surface area contributed by atoms with Gasteiger partial charge in [0.2, 0.25) is 0 Å². The Morgan fingerprint density at radius 1 is 0.947 bits per heavy atom. The van der Waals surface area contributed by atoms with Crippen molar-refractivity contribution >= 4 is 0 Å². The molecule has 2 aromatic carbocycles. The van der Waals surface area contributed by atoms with Gasteiger partial charge in [0.25, 0.3) is 0 Å². The zero-order chi connectivity index (χ0) is 14.0. The van der Waals surface area contributed by atoms with E-state index >= 15 is 0 Å². The minimum atomic E-state index is -4.48. The van der Waals surface area contributed by atoms with Crippen LogP contribution in [0.1, 0.15) is 11.1 Å². The number of nitrogens with two attached hydrogens (primary N) is 1. The van der Waals surface area contributed by atoms with Crippen LogP contribution < -0.4 is 5.73 Å². The summed E-state index contributed by atoms with van der Waals surface area (Å²) in [6.45, 7) is 0.0345. The molecular formula is C14H11F4N. The second-order valence-electron chi connectivity index (χ2n) is 4.09. The fraction of sp³-hybridized carbons (Fsp3) is 0.143. The summed E-state index contributed by atoms with van der Waals surface area (Å²) in [6, 6.07) is 8.83. The largest absolute Gasteiger partial charge is 0.417 e. The van der Waals surface area contributed by atoms with Crippen molar-refractivity contribution in [1.29, 1.82) is 0 Å². The van der Waals surface area contributed by atoms with Crippen LogP contribution in [0.5, 0.6) is 0 Å². The van der Waals surface area contributed by atoms with Gasteiger partial charge in [-0.2, -0.15) is 13.2 Å². The predicted molar refractivity (Wildman–Crippen MR) is 64.7 cm³/mol. The number of hydrogen-bond donors (Lipinski definition) is 1. The molecule has 0 aliphatic carbocycles. The zero-order valence-electron chi connectivity index (χ0n) is 9.84. The van der Waals surface area contributed by atoms with Crippen LogP contribution in [0.25, 0.3) is 11.1 Å². The summed E-state index contributed by atoms with van der Waals surface area (Å²) in [7, 11) is 0. The molecule has 0 atom stereocenters. The van der Waals surface area contributed by atoms with Crippen LogP contribution in [-0.2, 0) is 12.7 Å². The monoisotopic (exact) mass is 269 g/mol. The van der Waals surface area contributed by atoms with Gasteiger partial charge in [0.15, 0.2) is 0 Å². The Morgan fingerprint density at radius 2 is 1.58 bits per heavy atom. The third-order valence-electron chi connectivity index (χ3n) is 2.78. The first-order valence-electron chi connectivity index (χ1n) is 5.58. The van der Waals surface area contributed by atoms with Crippen molar-refractivity contribution in [3.8, 4) is 11.1 Å². The lowest BCUT2D eigenvalue weighted by atomic mass is 9.97. The fourth-order valence-corrected chi connectivity index (χ4v) is 1.83. The summed E-state index contributed by atoms with van der Waals surface area (Å²) in [5.41, 5.74) is 5.33. The Morgan fingerprint density at radius 3 is 2.11 bits per heavy atom. The molecular weight excluding hydrogens is 258 g/mol. The molecule has 0 aliphatic heterocycles. The highest BCUT2D eigenvalue weighted by Crippen LogP contribution is 2.37.